The predicted molar refractivity (Wildman–Crippen MR) is 138 cm³/mol. The summed E-state index contributed by atoms with van der Waals surface area (Å²) in [5.74, 6) is 0.476. The normalized spacial score (nSPS) is 12.3. The molecule has 0 aliphatic heterocycles. The molecule has 180 valence electrons. The number of fused-ring (bicyclic) bond motifs is 2. The molecule has 0 aliphatic rings. The number of carbonyl (C=O) groups is 1. The third kappa shape index (κ3) is 4.46. The van der Waals surface area contributed by atoms with E-state index in [1.165, 1.54) is 18.0 Å². The zero-order valence-electron chi connectivity index (χ0n) is 19.3. The maximum absolute atomic E-state index is 13.5. The third-order valence-electron chi connectivity index (χ3n) is 5.52. The Hall–Kier alpha value is -4.43. The number of halogens is 1. The van der Waals surface area contributed by atoms with Crippen molar-refractivity contribution >= 4 is 45.7 Å². The molecule has 0 bridgehead atoms. The molecular weight excluding hydrogens is 482 g/mol. The maximum Gasteiger partial charge on any atom is 0.346 e. The molecule has 0 saturated heterocycles. The highest BCUT2D eigenvalue weighted by Crippen LogP contribution is 2.29. The molecule has 0 aliphatic carbocycles. The molecule has 0 spiro atoms. The average molecular weight is 502 g/mol. The number of hydrogen-bond donors (Lipinski definition) is 0. The predicted octanol–water partition coefficient (Wildman–Crippen LogP) is 5.29. The molecule has 0 unspecified atom stereocenters. The van der Waals surface area contributed by atoms with Crippen LogP contribution in [0.3, 0.4) is 0 Å². The summed E-state index contributed by atoms with van der Waals surface area (Å²) >= 11 is 6.13. The van der Waals surface area contributed by atoms with Crippen LogP contribution in [0.5, 0.6) is 5.75 Å². The number of furan rings is 1. The molecule has 0 N–H and O–H groups in total. The van der Waals surface area contributed by atoms with Crippen LogP contribution in [0, 0.1) is 0 Å². The standard InChI is InChI=1S/C27H20ClN3O5/c1-16(27(33)34-2)35-22-10-6-3-7-17(22)15-29-31-25(30-21-9-5-4-8-20(21)26(31)32)24-14-18-13-19(28)11-12-23(18)36-24/h3-16H,1-2H3/t16-/m1/s1. The summed E-state index contributed by atoms with van der Waals surface area (Å²) in [4.78, 5) is 29.9. The van der Waals surface area contributed by atoms with Crippen LogP contribution in [-0.2, 0) is 9.53 Å². The Morgan fingerprint density at radius 3 is 2.72 bits per heavy atom. The Bertz CT molecular complexity index is 1690. The van der Waals surface area contributed by atoms with Crippen molar-refractivity contribution in [3.8, 4) is 17.3 Å². The number of rotatable bonds is 6. The van der Waals surface area contributed by atoms with Gasteiger partial charge in [0.25, 0.3) is 5.56 Å². The Morgan fingerprint density at radius 1 is 1.11 bits per heavy atom. The number of para-hydroxylation sites is 2. The van der Waals surface area contributed by atoms with Gasteiger partial charge < -0.3 is 13.9 Å². The van der Waals surface area contributed by atoms with Crippen LogP contribution >= 0.6 is 11.6 Å². The topological polar surface area (TPSA) is 95.9 Å². The fourth-order valence-electron chi connectivity index (χ4n) is 3.73. The summed E-state index contributed by atoms with van der Waals surface area (Å²) in [5, 5.41) is 6.20. The van der Waals surface area contributed by atoms with Gasteiger partial charge in [0, 0.05) is 16.0 Å². The molecule has 0 fully saturated rings. The highest BCUT2D eigenvalue weighted by atomic mass is 35.5. The van der Waals surface area contributed by atoms with Crippen LogP contribution < -0.4 is 10.3 Å². The lowest BCUT2D eigenvalue weighted by atomic mass is 10.2. The lowest BCUT2D eigenvalue weighted by molar-refractivity contribution is -0.147. The minimum atomic E-state index is -0.826. The molecule has 8 nitrogen and oxygen atoms in total. The zero-order valence-corrected chi connectivity index (χ0v) is 20.1. The number of esters is 1. The van der Waals surface area contributed by atoms with E-state index in [0.717, 1.165) is 5.39 Å². The third-order valence-corrected chi connectivity index (χ3v) is 5.76. The van der Waals surface area contributed by atoms with Gasteiger partial charge in [-0.3, -0.25) is 4.79 Å². The molecule has 0 saturated carbocycles. The van der Waals surface area contributed by atoms with E-state index in [2.05, 4.69) is 10.1 Å². The van der Waals surface area contributed by atoms with Crippen LogP contribution in [0.15, 0.2) is 87.1 Å². The minimum absolute atomic E-state index is 0.226. The average Bonchev–Trinajstić information content (AvgIpc) is 3.31. The van der Waals surface area contributed by atoms with Crippen LogP contribution in [0.2, 0.25) is 5.02 Å². The monoisotopic (exact) mass is 501 g/mol. The molecule has 5 aromatic rings. The van der Waals surface area contributed by atoms with Crippen molar-refractivity contribution in [3.63, 3.8) is 0 Å². The fourth-order valence-corrected chi connectivity index (χ4v) is 3.91. The smallest absolute Gasteiger partial charge is 0.346 e. The molecule has 9 heteroatoms. The first-order valence-electron chi connectivity index (χ1n) is 11.0. The van der Waals surface area contributed by atoms with Crippen molar-refractivity contribution in [3.05, 3.63) is 93.7 Å². The van der Waals surface area contributed by atoms with E-state index in [4.69, 9.17) is 25.5 Å². The van der Waals surface area contributed by atoms with E-state index in [9.17, 15) is 9.59 Å². The van der Waals surface area contributed by atoms with Gasteiger partial charge in [0.1, 0.15) is 11.3 Å². The summed E-state index contributed by atoms with van der Waals surface area (Å²) in [6.07, 6.45) is 0.646. The molecule has 36 heavy (non-hydrogen) atoms. The minimum Gasteiger partial charge on any atom is -0.478 e. The van der Waals surface area contributed by atoms with E-state index in [1.54, 1.807) is 79.7 Å². The van der Waals surface area contributed by atoms with Gasteiger partial charge >= 0.3 is 5.97 Å². The molecule has 5 rings (SSSR count). The molecule has 2 aromatic heterocycles. The number of benzene rings is 3. The Balaban J connectivity index is 1.64. The number of methoxy groups -OCH3 is 1. The van der Waals surface area contributed by atoms with Crippen molar-refractivity contribution in [1.29, 1.82) is 0 Å². The van der Waals surface area contributed by atoms with E-state index < -0.39 is 12.1 Å². The van der Waals surface area contributed by atoms with Crippen molar-refractivity contribution in [1.82, 2.24) is 9.66 Å². The first-order valence-corrected chi connectivity index (χ1v) is 11.4. The second-order valence-electron chi connectivity index (χ2n) is 7.93. The molecular formula is C27H20ClN3O5. The largest absolute Gasteiger partial charge is 0.478 e. The highest BCUT2D eigenvalue weighted by molar-refractivity contribution is 6.31. The maximum atomic E-state index is 13.5. The number of nitrogens with zero attached hydrogens (tertiary/aromatic N) is 3. The first-order chi connectivity index (χ1) is 17.4. The van der Waals surface area contributed by atoms with E-state index >= 15 is 0 Å². The SMILES string of the molecule is COC(=O)[C@@H](C)Oc1ccccc1C=Nn1c(-c2cc3cc(Cl)ccc3o2)nc2ccccc2c1=O. The lowest BCUT2D eigenvalue weighted by Crippen LogP contribution is -2.25. The van der Waals surface area contributed by atoms with Gasteiger partial charge in [0.05, 0.1) is 24.2 Å². The van der Waals surface area contributed by atoms with Crippen LogP contribution in [0.4, 0.5) is 0 Å². The summed E-state index contributed by atoms with van der Waals surface area (Å²) < 4.78 is 17.7. The van der Waals surface area contributed by atoms with Gasteiger partial charge in [-0.05, 0) is 55.5 Å². The van der Waals surface area contributed by atoms with Crippen molar-refractivity contribution < 1.29 is 18.7 Å². The number of hydrogen-bond acceptors (Lipinski definition) is 7. The molecule has 0 amide bonds. The lowest BCUT2D eigenvalue weighted by Gasteiger charge is -2.14. The van der Waals surface area contributed by atoms with Crippen LogP contribution in [0.1, 0.15) is 12.5 Å². The number of aromatic nitrogens is 2. The van der Waals surface area contributed by atoms with Gasteiger partial charge in [-0.1, -0.05) is 35.9 Å². The molecule has 3 aromatic carbocycles. The first kappa shape index (κ1) is 23.3. The van der Waals surface area contributed by atoms with Gasteiger partial charge in [0.2, 0.25) is 5.82 Å². The quantitative estimate of drug-likeness (QED) is 0.232. The van der Waals surface area contributed by atoms with E-state index in [-0.39, 0.29) is 11.4 Å². The van der Waals surface area contributed by atoms with E-state index in [0.29, 0.717) is 38.6 Å². The Kier molecular flexibility index (Phi) is 6.26. The second kappa shape index (κ2) is 9.67. The summed E-state index contributed by atoms with van der Waals surface area (Å²) in [7, 11) is 1.29. The van der Waals surface area contributed by atoms with Gasteiger partial charge in [-0.2, -0.15) is 9.78 Å². The number of ether oxygens (including phenoxy) is 2. The van der Waals surface area contributed by atoms with Gasteiger partial charge in [0.15, 0.2) is 11.9 Å². The summed E-state index contributed by atoms with van der Waals surface area (Å²) in [6, 6.07) is 21.0. The van der Waals surface area contributed by atoms with Crippen molar-refractivity contribution in [2.75, 3.05) is 7.11 Å². The zero-order chi connectivity index (χ0) is 25.2. The van der Waals surface area contributed by atoms with Crippen LogP contribution in [-0.4, -0.2) is 35.1 Å². The van der Waals surface area contributed by atoms with Crippen molar-refractivity contribution in [2.45, 2.75) is 13.0 Å². The Labute approximate surface area is 210 Å². The second-order valence-corrected chi connectivity index (χ2v) is 8.36. The molecule has 2 heterocycles. The molecule has 0 radical (unpaired) electrons. The summed E-state index contributed by atoms with van der Waals surface area (Å²) in [5.41, 5.74) is 1.29. The van der Waals surface area contributed by atoms with E-state index in [1.807, 2.05) is 0 Å². The molecule has 1 atom stereocenters. The summed E-state index contributed by atoms with van der Waals surface area (Å²) in [6.45, 7) is 1.59. The fraction of sp³-hybridized carbons (Fsp3) is 0.111. The number of carbonyl (C=O) groups excluding carboxylic acids is 1. The van der Waals surface area contributed by atoms with Crippen LogP contribution in [0.25, 0.3) is 33.5 Å². The Morgan fingerprint density at radius 2 is 1.89 bits per heavy atom. The van der Waals surface area contributed by atoms with Gasteiger partial charge in [-0.25, -0.2) is 9.78 Å². The van der Waals surface area contributed by atoms with Crippen molar-refractivity contribution in [2.24, 2.45) is 5.10 Å². The van der Waals surface area contributed by atoms with Gasteiger partial charge in [-0.15, -0.1) is 0 Å². The highest BCUT2D eigenvalue weighted by Gasteiger charge is 2.18.